The molecule has 0 bridgehead atoms. The smallest absolute Gasteiger partial charge is 0.305 e. The first-order chi connectivity index (χ1) is 34.5. The zero-order chi connectivity index (χ0) is 50.7. The van der Waals surface area contributed by atoms with Crippen LogP contribution in [0.3, 0.4) is 0 Å². The molecule has 0 saturated heterocycles. The largest absolute Gasteiger partial charge is 0.466 e. The van der Waals surface area contributed by atoms with Crippen LogP contribution in [0.1, 0.15) is 348 Å². The number of allylic oxidation sites excluding steroid dienone is 3. The van der Waals surface area contributed by atoms with E-state index >= 15 is 0 Å². The summed E-state index contributed by atoms with van der Waals surface area (Å²) >= 11 is 0. The summed E-state index contributed by atoms with van der Waals surface area (Å²) in [5.74, 6) is -0.0660. The van der Waals surface area contributed by atoms with Gasteiger partial charge < -0.3 is 20.3 Å². The molecule has 0 aromatic carbocycles. The maximum absolute atomic E-state index is 12.5. The summed E-state index contributed by atoms with van der Waals surface area (Å²) in [6, 6.07) is -0.635. The zero-order valence-electron chi connectivity index (χ0n) is 47.3. The average molecular weight is 987 g/mol. The van der Waals surface area contributed by atoms with Crippen molar-refractivity contribution in [2.75, 3.05) is 13.2 Å². The number of unbranched alkanes of at least 4 members (excludes halogenated alkanes) is 46. The van der Waals surface area contributed by atoms with Crippen molar-refractivity contribution >= 4 is 11.9 Å². The van der Waals surface area contributed by atoms with Crippen LogP contribution in [-0.4, -0.2) is 47.4 Å². The number of nitrogens with one attached hydrogen (secondary N) is 1. The maximum Gasteiger partial charge on any atom is 0.305 e. The molecule has 0 rings (SSSR count). The molecule has 2 unspecified atom stereocenters. The van der Waals surface area contributed by atoms with E-state index in [1.54, 1.807) is 6.08 Å². The predicted octanol–water partition coefficient (Wildman–Crippen LogP) is 19.8. The van der Waals surface area contributed by atoms with Crippen LogP contribution >= 0.6 is 0 Å². The number of carbonyl (C=O) groups excluding carboxylic acids is 2. The van der Waals surface area contributed by atoms with Gasteiger partial charge in [-0.05, 0) is 57.8 Å². The first-order valence-electron chi connectivity index (χ1n) is 31.6. The Labute approximate surface area is 437 Å². The second-order valence-electron chi connectivity index (χ2n) is 21.7. The number of aliphatic hydroxyl groups excluding tert-OH is 2. The highest BCUT2D eigenvalue weighted by Gasteiger charge is 2.18. The van der Waals surface area contributed by atoms with Gasteiger partial charge in [0.1, 0.15) is 0 Å². The number of carbonyl (C=O) groups is 2. The first-order valence-corrected chi connectivity index (χ1v) is 31.6. The van der Waals surface area contributed by atoms with Crippen molar-refractivity contribution in [1.82, 2.24) is 5.32 Å². The van der Waals surface area contributed by atoms with Gasteiger partial charge in [-0.1, -0.05) is 301 Å². The molecule has 0 aromatic rings. The fourth-order valence-corrected chi connectivity index (χ4v) is 9.87. The van der Waals surface area contributed by atoms with Crippen molar-refractivity contribution in [2.24, 2.45) is 0 Å². The van der Waals surface area contributed by atoms with E-state index in [1.807, 2.05) is 6.08 Å². The second kappa shape index (κ2) is 59.9. The summed E-state index contributed by atoms with van der Waals surface area (Å²) in [7, 11) is 0. The quantitative estimate of drug-likeness (QED) is 0.0321. The molecule has 2 atom stereocenters. The minimum Gasteiger partial charge on any atom is -0.466 e. The van der Waals surface area contributed by atoms with Crippen molar-refractivity contribution < 1.29 is 24.5 Å². The van der Waals surface area contributed by atoms with Crippen LogP contribution in [0.25, 0.3) is 0 Å². The monoisotopic (exact) mass is 986 g/mol. The van der Waals surface area contributed by atoms with Crippen LogP contribution in [0.4, 0.5) is 0 Å². The second-order valence-corrected chi connectivity index (χ2v) is 21.7. The Bertz CT molecular complexity index is 1090. The van der Waals surface area contributed by atoms with Crippen molar-refractivity contribution in [3.63, 3.8) is 0 Å². The molecule has 0 aromatic heterocycles. The molecule has 0 heterocycles. The van der Waals surface area contributed by atoms with Gasteiger partial charge in [0, 0.05) is 12.8 Å². The van der Waals surface area contributed by atoms with E-state index in [0.717, 1.165) is 44.9 Å². The van der Waals surface area contributed by atoms with Crippen LogP contribution in [0.15, 0.2) is 24.3 Å². The number of esters is 1. The molecule has 0 aliphatic carbocycles. The number of aliphatic hydroxyl groups is 2. The SMILES string of the molecule is CCCCCCCCCCCCCCCCCCCC/C=C/C(O)C(CO)NC(=O)CCCCCCCCC/C=C\CCCCCCCCCCCOC(=O)CCCCCCCCCCCCCCC. The minimum atomic E-state index is -0.850. The Kier molecular flexibility index (Phi) is 58.5. The van der Waals surface area contributed by atoms with Crippen LogP contribution in [-0.2, 0) is 14.3 Å². The van der Waals surface area contributed by atoms with E-state index in [2.05, 4.69) is 31.3 Å². The van der Waals surface area contributed by atoms with Gasteiger partial charge in [-0.15, -0.1) is 0 Å². The standard InChI is InChI=1S/C64H123NO5/c1-3-5-7-9-11-13-15-17-18-19-20-23-26-29-33-36-40-44-48-52-56-62(67)61(60-66)65-63(68)57-53-49-45-41-37-34-30-27-24-21-22-25-28-31-35-39-43-47-51-55-59-70-64(69)58-54-50-46-42-38-32-16-14-12-10-8-6-4-2/h21,24,52,56,61-62,66-67H,3-20,22-23,25-51,53-55,57-60H2,1-2H3,(H,65,68)/b24-21-,56-52+. The number of hydrogen-bond donors (Lipinski definition) is 3. The number of ether oxygens (including phenoxy) is 1. The van der Waals surface area contributed by atoms with Crippen LogP contribution < -0.4 is 5.32 Å². The molecular formula is C64H123NO5. The van der Waals surface area contributed by atoms with Gasteiger partial charge in [-0.25, -0.2) is 0 Å². The lowest BCUT2D eigenvalue weighted by atomic mass is 10.0. The molecule has 0 spiro atoms. The van der Waals surface area contributed by atoms with Crippen LogP contribution in [0.5, 0.6) is 0 Å². The molecule has 0 saturated carbocycles. The first kappa shape index (κ1) is 68.3. The summed E-state index contributed by atoms with van der Waals surface area (Å²) < 4.78 is 5.48. The zero-order valence-corrected chi connectivity index (χ0v) is 47.3. The molecular weight excluding hydrogens is 863 g/mol. The molecule has 0 radical (unpaired) electrons. The van der Waals surface area contributed by atoms with Gasteiger partial charge in [0.15, 0.2) is 0 Å². The Hall–Kier alpha value is -1.66. The third kappa shape index (κ3) is 55.7. The van der Waals surface area contributed by atoms with E-state index in [-0.39, 0.29) is 18.5 Å². The predicted molar refractivity (Wildman–Crippen MR) is 306 cm³/mol. The summed E-state index contributed by atoms with van der Waals surface area (Å²) in [4.78, 5) is 24.5. The van der Waals surface area contributed by atoms with Crippen LogP contribution in [0, 0.1) is 0 Å². The van der Waals surface area contributed by atoms with E-state index in [9.17, 15) is 19.8 Å². The normalized spacial score (nSPS) is 12.7. The molecule has 70 heavy (non-hydrogen) atoms. The topological polar surface area (TPSA) is 95.9 Å². The molecule has 414 valence electrons. The van der Waals surface area contributed by atoms with Crippen molar-refractivity contribution in [3.05, 3.63) is 24.3 Å². The Balaban J connectivity index is 3.46. The summed E-state index contributed by atoms with van der Waals surface area (Å²) in [5, 5.41) is 23.2. The van der Waals surface area contributed by atoms with Gasteiger partial charge in [0.2, 0.25) is 5.91 Å². The Morgan fingerprint density at radius 2 is 0.671 bits per heavy atom. The summed E-state index contributed by atoms with van der Waals surface area (Å²) in [6.45, 7) is 4.92. The molecule has 0 aliphatic heterocycles. The lowest BCUT2D eigenvalue weighted by Gasteiger charge is -2.20. The lowest BCUT2D eigenvalue weighted by Crippen LogP contribution is -2.45. The van der Waals surface area contributed by atoms with Gasteiger partial charge in [-0.3, -0.25) is 9.59 Å². The van der Waals surface area contributed by atoms with E-state index in [4.69, 9.17) is 4.74 Å². The van der Waals surface area contributed by atoms with E-state index in [0.29, 0.717) is 19.4 Å². The molecule has 6 nitrogen and oxygen atoms in total. The highest BCUT2D eigenvalue weighted by atomic mass is 16.5. The van der Waals surface area contributed by atoms with E-state index < -0.39 is 12.1 Å². The Morgan fingerprint density at radius 1 is 0.386 bits per heavy atom. The fraction of sp³-hybridized carbons (Fsp3) is 0.906. The number of amides is 1. The highest BCUT2D eigenvalue weighted by molar-refractivity contribution is 5.76. The average Bonchev–Trinajstić information content (AvgIpc) is 3.36. The molecule has 1 amide bonds. The molecule has 6 heteroatoms. The highest BCUT2D eigenvalue weighted by Crippen LogP contribution is 2.17. The minimum absolute atomic E-state index is 0.00755. The van der Waals surface area contributed by atoms with Crippen molar-refractivity contribution in [1.29, 1.82) is 0 Å². The fourth-order valence-electron chi connectivity index (χ4n) is 9.87. The summed E-state index contributed by atoms with van der Waals surface area (Å²) in [6.07, 6.45) is 73.6. The lowest BCUT2D eigenvalue weighted by molar-refractivity contribution is -0.143. The summed E-state index contributed by atoms with van der Waals surface area (Å²) in [5.41, 5.74) is 0. The Morgan fingerprint density at radius 3 is 1.01 bits per heavy atom. The number of rotatable bonds is 59. The van der Waals surface area contributed by atoms with Gasteiger partial charge in [0.05, 0.1) is 25.4 Å². The third-order valence-electron chi connectivity index (χ3n) is 14.7. The molecule has 0 aliphatic rings. The van der Waals surface area contributed by atoms with Crippen molar-refractivity contribution in [3.8, 4) is 0 Å². The van der Waals surface area contributed by atoms with Gasteiger partial charge in [0.25, 0.3) is 0 Å². The van der Waals surface area contributed by atoms with Crippen molar-refractivity contribution in [2.45, 2.75) is 360 Å². The van der Waals surface area contributed by atoms with Gasteiger partial charge >= 0.3 is 5.97 Å². The van der Waals surface area contributed by atoms with Gasteiger partial charge in [-0.2, -0.15) is 0 Å². The molecule has 3 N–H and O–H groups in total. The number of hydrogen-bond acceptors (Lipinski definition) is 5. The van der Waals surface area contributed by atoms with E-state index in [1.165, 1.54) is 276 Å². The van der Waals surface area contributed by atoms with Crippen LogP contribution in [0.2, 0.25) is 0 Å². The third-order valence-corrected chi connectivity index (χ3v) is 14.7. The molecule has 0 fully saturated rings. The maximum atomic E-state index is 12.5.